The smallest absolute Gasteiger partial charge is 0.378 e. The Morgan fingerprint density at radius 1 is 0.610 bits per heavy atom. The maximum Gasteiger partial charge on any atom is 0.416 e. The van der Waals surface area contributed by atoms with Crippen molar-refractivity contribution in [2.24, 2.45) is 0 Å². The molecule has 0 aliphatic carbocycles. The minimum Gasteiger partial charge on any atom is -0.378 e. The standard InChI is InChI=1S/C23H22F3N3O2.C21H17F3N2O2/c1-15-6-9-17(23(24,25)26)13-20(15)29-12-4-5-19(22(29)31)21(30)27-14-16-7-10-18(11-8-16)28(2)3;1-14-10-18(19(27)25-12-15-6-3-2-4-7-15)20(28)26(13-14)17-9-5-8-16(11-17)21(22,23)24/h4-13H,14H2,1-3H3,(H,27,30);2-11,13H,12H2,1H3,(H,25,27). The molecule has 0 spiro atoms. The van der Waals surface area contributed by atoms with Gasteiger partial charge in [0.2, 0.25) is 0 Å². The predicted molar refractivity (Wildman–Crippen MR) is 213 cm³/mol. The van der Waals surface area contributed by atoms with E-state index in [2.05, 4.69) is 10.6 Å². The highest BCUT2D eigenvalue weighted by Gasteiger charge is 2.32. The molecule has 0 aliphatic rings. The maximum absolute atomic E-state index is 13.1. The van der Waals surface area contributed by atoms with Gasteiger partial charge in [0.25, 0.3) is 22.9 Å². The number of rotatable bonds is 9. The van der Waals surface area contributed by atoms with E-state index in [1.54, 1.807) is 13.8 Å². The van der Waals surface area contributed by atoms with Crippen LogP contribution in [0.1, 0.15) is 54.1 Å². The normalized spacial score (nSPS) is 11.3. The summed E-state index contributed by atoms with van der Waals surface area (Å²) in [5.41, 5.74) is 0.510. The monoisotopic (exact) mass is 815 g/mol. The molecule has 6 rings (SSSR count). The Morgan fingerprint density at radius 2 is 1.19 bits per heavy atom. The Hall–Kier alpha value is -6.90. The molecule has 15 heteroatoms. The Labute approximate surface area is 335 Å². The Balaban J connectivity index is 0.000000225. The largest absolute Gasteiger partial charge is 0.416 e. The molecular weight excluding hydrogens is 777 g/mol. The van der Waals surface area contributed by atoms with Crippen LogP contribution in [-0.4, -0.2) is 35.0 Å². The van der Waals surface area contributed by atoms with Gasteiger partial charge in [0.05, 0.1) is 16.8 Å². The number of carbonyl (C=O) groups excluding carboxylic acids is 2. The number of nitrogens with one attached hydrogen (secondary N) is 2. The van der Waals surface area contributed by atoms with Gasteiger partial charge in [0, 0.05) is 51.0 Å². The van der Waals surface area contributed by atoms with Gasteiger partial charge in [-0.25, -0.2) is 0 Å². The summed E-state index contributed by atoms with van der Waals surface area (Å²) in [4.78, 5) is 52.7. The van der Waals surface area contributed by atoms with Gasteiger partial charge >= 0.3 is 12.4 Å². The Kier molecular flexibility index (Phi) is 13.3. The van der Waals surface area contributed by atoms with Crippen LogP contribution in [0.15, 0.2) is 137 Å². The fourth-order valence-corrected chi connectivity index (χ4v) is 5.87. The zero-order valence-electron chi connectivity index (χ0n) is 32.3. The van der Waals surface area contributed by atoms with Crippen LogP contribution in [0.4, 0.5) is 32.0 Å². The minimum absolute atomic E-state index is 0.0423. The van der Waals surface area contributed by atoms with Crippen molar-refractivity contribution in [3.63, 3.8) is 0 Å². The van der Waals surface area contributed by atoms with E-state index in [-0.39, 0.29) is 35.6 Å². The number of aryl methyl sites for hydroxylation is 2. The van der Waals surface area contributed by atoms with Crippen molar-refractivity contribution in [3.8, 4) is 11.4 Å². The molecule has 9 nitrogen and oxygen atoms in total. The summed E-state index contributed by atoms with van der Waals surface area (Å²) in [6.07, 6.45) is -6.31. The van der Waals surface area contributed by atoms with Gasteiger partial charge < -0.3 is 15.5 Å². The van der Waals surface area contributed by atoms with Crippen LogP contribution in [0, 0.1) is 13.8 Å². The van der Waals surface area contributed by atoms with E-state index >= 15 is 0 Å². The average Bonchev–Trinajstić information content (AvgIpc) is 3.20. The van der Waals surface area contributed by atoms with E-state index in [1.807, 2.05) is 73.6 Å². The van der Waals surface area contributed by atoms with Crippen molar-refractivity contribution >= 4 is 17.5 Å². The van der Waals surface area contributed by atoms with E-state index in [0.717, 1.165) is 50.2 Å². The molecule has 2 N–H and O–H groups in total. The van der Waals surface area contributed by atoms with E-state index in [0.29, 0.717) is 11.1 Å². The lowest BCUT2D eigenvalue weighted by Gasteiger charge is -2.14. The number of aromatic nitrogens is 2. The summed E-state index contributed by atoms with van der Waals surface area (Å²) >= 11 is 0. The van der Waals surface area contributed by atoms with Crippen molar-refractivity contribution in [1.82, 2.24) is 19.8 Å². The molecule has 4 aromatic carbocycles. The van der Waals surface area contributed by atoms with E-state index in [4.69, 9.17) is 0 Å². The molecule has 0 unspecified atom stereocenters. The number of benzene rings is 4. The molecular formula is C44H39F6N5O4. The fraction of sp³-hybridized carbons (Fsp3) is 0.182. The molecule has 306 valence electrons. The van der Waals surface area contributed by atoms with Crippen LogP contribution in [0.3, 0.4) is 0 Å². The van der Waals surface area contributed by atoms with Gasteiger partial charge in [0.1, 0.15) is 11.1 Å². The summed E-state index contributed by atoms with van der Waals surface area (Å²) in [7, 11) is 3.84. The number of alkyl halides is 6. The van der Waals surface area contributed by atoms with Gasteiger partial charge in [0.15, 0.2) is 0 Å². The first-order chi connectivity index (χ1) is 27.8. The number of hydrogen-bond donors (Lipinski definition) is 2. The van der Waals surface area contributed by atoms with Gasteiger partial charge in [-0.15, -0.1) is 0 Å². The molecule has 59 heavy (non-hydrogen) atoms. The van der Waals surface area contributed by atoms with Crippen molar-refractivity contribution < 1.29 is 35.9 Å². The highest BCUT2D eigenvalue weighted by Crippen LogP contribution is 2.32. The molecule has 0 bridgehead atoms. The number of pyridine rings is 2. The second-order valence-corrected chi connectivity index (χ2v) is 13.7. The predicted octanol–water partition coefficient (Wildman–Crippen LogP) is 8.26. The molecule has 0 atom stereocenters. The summed E-state index contributed by atoms with van der Waals surface area (Å²) < 4.78 is 80.4. The first-order valence-corrected chi connectivity index (χ1v) is 18.0. The summed E-state index contributed by atoms with van der Waals surface area (Å²) in [5.74, 6) is -1.18. The third kappa shape index (κ3) is 10.9. The Bertz CT molecular complexity index is 2560. The van der Waals surface area contributed by atoms with E-state index in [9.17, 15) is 45.5 Å². The second-order valence-electron chi connectivity index (χ2n) is 13.7. The average molecular weight is 816 g/mol. The quantitative estimate of drug-likeness (QED) is 0.143. The summed E-state index contributed by atoms with van der Waals surface area (Å²) in [5, 5.41) is 5.35. The van der Waals surface area contributed by atoms with Crippen molar-refractivity contribution in [3.05, 3.63) is 193 Å². The third-order valence-electron chi connectivity index (χ3n) is 9.04. The second kappa shape index (κ2) is 18.1. The van der Waals surface area contributed by atoms with Crippen LogP contribution in [0.5, 0.6) is 0 Å². The van der Waals surface area contributed by atoms with Crippen molar-refractivity contribution in [2.45, 2.75) is 39.3 Å². The molecule has 6 aromatic rings. The maximum atomic E-state index is 13.1. The lowest BCUT2D eigenvalue weighted by molar-refractivity contribution is -0.138. The summed E-state index contributed by atoms with van der Waals surface area (Å²) in [6, 6.07) is 28.5. The minimum atomic E-state index is -4.54. The lowest BCUT2D eigenvalue weighted by atomic mass is 10.1. The number of carbonyl (C=O) groups is 2. The highest BCUT2D eigenvalue weighted by molar-refractivity contribution is 5.94. The van der Waals surface area contributed by atoms with Crippen LogP contribution >= 0.6 is 0 Å². The fourth-order valence-electron chi connectivity index (χ4n) is 5.87. The first kappa shape index (κ1) is 43.2. The number of anilines is 1. The van der Waals surface area contributed by atoms with Crippen molar-refractivity contribution in [1.29, 1.82) is 0 Å². The van der Waals surface area contributed by atoms with Gasteiger partial charge in [-0.3, -0.25) is 28.3 Å². The van der Waals surface area contributed by atoms with Gasteiger partial charge in [-0.1, -0.05) is 54.6 Å². The van der Waals surface area contributed by atoms with Crippen molar-refractivity contribution in [2.75, 3.05) is 19.0 Å². The SMILES string of the molecule is Cc1cc(C(=O)NCc2ccccc2)c(=O)n(-c2cccc(C(F)(F)F)c2)c1.Cc1ccc(C(F)(F)F)cc1-n1cccc(C(=O)NCc2ccc(N(C)C)cc2)c1=O. The number of hydrogen-bond acceptors (Lipinski definition) is 5. The van der Waals surface area contributed by atoms with Crippen LogP contribution < -0.4 is 26.7 Å². The molecule has 2 heterocycles. The first-order valence-electron chi connectivity index (χ1n) is 18.0. The topological polar surface area (TPSA) is 105 Å². The molecule has 0 saturated heterocycles. The highest BCUT2D eigenvalue weighted by atomic mass is 19.4. The Morgan fingerprint density at radius 3 is 1.80 bits per heavy atom. The summed E-state index contributed by atoms with van der Waals surface area (Å²) in [6.45, 7) is 3.71. The zero-order valence-corrected chi connectivity index (χ0v) is 32.3. The van der Waals surface area contributed by atoms with Crippen LogP contribution in [0.2, 0.25) is 0 Å². The molecule has 2 amide bonds. The van der Waals surface area contributed by atoms with Crippen LogP contribution in [0.25, 0.3) is 11.4 Å². The van der Waals surface area contributed by atoms with Gasteiger partial charge in [-0.2, -0.15) is 26.3 Å². The van der Waals surface area contributed by atoms with E-state index in [1.165, 1.54) is 48.8 Å². The van der Waals surface area contributed by atoms with E-state index < -0.39 is 46.4 Å². The number of amides is 2. The van der Waals surface area contributed by atoms with Gasteiger partial charge in [-0.05, 0) is 96.8 Å². The molecule has 0 aliphatic heterocycles. The molecule has 2 aromatic heterocycles. The molecule has 0 radical (unpaired) electrons. The molecule has 0 saturated carbocycles. The molecule has 0 fully saturated rings. The van der Waals surface area contributed by atoms with Crippen LogP contribution in [-0.2, 0) is 25.4 Å². The lowest BCUT2D eigenvalue weighted by Crippen LogP contribution is -2.32. The third-order valence-corrected chi connectivity index (χ3v) is 9.04. The zero-order chi connectivity index (χ0) is 43.1. The number of halogens is 6. The number of nitrogens with zero attached hydrogens (tertiary/aromatic N) is 3.